The quantitative estimate of drug-likeness (QED) is 0.499. The molecular weight excluding hydrogens is 416 g/mol. The van der Waals surface area contributed by atoms with Gasteiger partial charge in [-0.3, -0.25) is 5.10 Å². The Kier molecular flexibility index (Phi) is 7.30. The molecule has 0 spiro atoms. The Morgan fingerprint density at radius 3 is 2.55 bits per heavy atom. The molecule has 154 valence electrons. The van der Waals surface area contributed by atoms with Gasteiger partial charge in [0.2, 0.25) is 0 Å². The van der Waals surface area contributed by atoms with E-state index in [-0.39, 0.29) is 10.8 Å². The molecule has 0 radical (unpaired) electrons. The number of nitrogens with two attached hydrogens (primary N) is 1. The van der Waals surface area contributed by atoms with Gasteiger partial charge in [-0.05, 0) is 51.1 Å². The summed E-state index contributed by atoms with van der Waals surface area (Å²) in [5.41, 5.74) is 7.84. The lowest BCUT2D eigenvalue weighted by Gasteiger charge is -2.19. The number of anilines is 1. The zero-order valence-electron chi connectivity index (χ0n) is 15.9. The third kappa shape index (κ3) is 5.38. The predicted octanol–water partition coefficient (Wildman–Crippen LogP) is 5.01. The number of benzene rings is 1. The van der Waals surface area contributed by atoms with E-state index in [0.29, 0.717) is 16.3 Å². The van der Waals surface area contributed by atoms with Crippen molar-refractivity contribution in [1.29, 1.82) is 0 Å². The average molecular weight is 438 g/mol. The van der Waals surface area contributed by atoms with Crippen molar-refractivity contribution in [2.45, 2.75) is 25.9 Å². The fourth-order valence-corrected chi connectivity index (χ4v) is 3.58. The van der Waals surface area contributed by atoms with Gasteiger partial charge in [-0.2, -0.15) is 5.10 Å². The van der Waals surface area contributed by atoms with Crippen LogP contribution in [0.25, 0.3) is 11.1 Å². The van der Waals surface area contributed by atoms with Crippen molar-refractivity contribution in [3.8, 4) is 16.9 Å². The van der Waals surface area contributed by atoms with E-state index in [1.54, 1.807) is 31.6 Å². The molecule has 1 aliphatic heterocycles. The second-order valence-electron chi connectivity index (χ2n) is 6.57. The number of pyridine rings is 1. The number of nitrogens with one attached hydrogen (secondary N) is 2. The zero-order valence-corrected chi connectivity index (χ0v) is 17.4. The minimum absolute atomic E-state index is 0.0764. The van der Waals surface area contributed by atoms with Crippen LogP contribution in [-0.2, 0) is 0 Å². The Labute approximate surface area is 178 Å². The van der Waals surface area contributed by atoms with Gasteiger partial charge >= 0.3 is 0 Å². The first kappa shape index (κ1) is 21.4. The van der Waals surface area contributed by atoms with E-state index in [0.717, 1.165) is 11.1 Å². The number of ether oxygens (including phenoxy) is 1. The Hall–Kier alpha value is -2.35. The van der Waals surface area contributed by atoms with Crippen LogP contribution in [0.3, 0.4) is 0 Å². The van der Waals surface area contributed by atoms with Crippen LogP contribution in [0.4, 0.5) is 10.2 Å². The summed E-state index contributed by atoms with van der Waals surface area (Å²) in [7, 11) is 0. The molecule has 1 aromatic carbocycles. The summed E-state index contributed by atoms with van der Waals surface area (Å²) in [4.78, 5) is 4.12. The summed E-state index contributed by atoms with van der Waals surface area (Å²) < 4.78 is 19.5. The van der Waals surface area contributed by atoms with E-state index in [1.165, 1.54) is 38.1 Å². The predicted molar refractivity (Wildman–Crippen MR) is 114 cm³/mol. The van der Waals surface area contributed by atoms with Crippen molar-refractivity contribution in [3.63, 3.8) is 0 Å². The van der Waals surface area contributed by atoms with Crippen molar-refractivity contribution in [1.82, 2.24) is 20.5 Å². The van der Waals surface area contributed by atoms with Crippen LogP contribution in [-0.4, -0.2) is 28.3 Å². The number of rotatable bonds is 4. The normalized spacial score (nSPS) is 14.2. The van der Waals surface area contributed by atoms with E-state index in [9.17, 15) is 4.39 Å². The monoisotopic (exact) mass is 437 g/mol. The molecule has 2 aromatic heterocycles. The van der Waals surface area contributed by atoms with Gasteiger partial charge in [0, 0.05) is 34.1 Å². The molecule has 0 aliphatic carbocycles. The molecule has 4 rings (SSSR count). The highest BCUT2D eigenvalue weighted by molar-refractivity contribution is 6.36. The molecule has 1 fully saturated rings. The lowest BCUT2D eigenvalue weighted by atomic mass is 10.1. The van der Waals surface area contributed by atoms with Crippen LogP contribution in [0.2, 0.25) is 10.0 Å². The van der Waals surface area contributed by atoms with Gasteiger partial charge in [-0.1, -0.05) is 23.2 Å². The van der Waals surface area contributed by atoms with Crippen LogP contribution in [0.5, 0.6) is 5.75 Å². The van der Waals surface area contributed by atoms with E-state index in [2.05, 4.69) is 20.5 Å². The van der Waals surface area contributed by atoms with Crippen LogP contribution in [0.1, 0.15) is 31.4 Å². The third-order valence-electron chi connectivity index (χ3n) is 4.46. The summed E-state index contributed by atoms with van der Waals surface area (Å²) in [6.45, 7) is 4.20. The SMILES string of the molecule is C1CCNC1.CC(Oc1cc(-c2cn[nH]c2)cnc1N)c1c(Cl)ccc(F)c1Cl. The second-order valence-corrected chi connectivity index (χ2v) is 7.35. The van der Waals surface area contributed by atoms with Gasteiger partial charge in [0.25, 0.3) is 0 Å². The van der Waals surface area contributed by atoms with E-state index in [4.69, 9.17) is 33.7 Å². The highest BCUT2D eigenvalue weighted by Gasteiger charge is 2.20. The van der Waals surface area contributed by atoms with Crippen LogP contribution < -0.4 is 15.8 Å². The Balaban J connectivity index is 0.000000419. The molecule has 4 N–H and O–H groups in total. The Morgan fingerprint density at radius 1 is 1.17 bits per heavy atom. The Morgan fingerprint density at radius 2 is 1.93 bits per heavy atom. The first-order valence-electron chi connectivity index (χ1n) is 9.22. The van der Waals surface area contributed by atoms with E-state index in [1.807, 2.05) is 0 Å². The summed E-state index contributed by atoms with van der Waals surface area (Å²) in [5.74, 6) is -0.0138. The lowest BCUT2D eigenvalue weighted by molar-refractivity contribution is 0.227. The van der Waals surface area contributed by atoms with E-state index >= 15 is 0 Å². The first-order valence-corrected chi connectivity index (χ1v) is 9.98. The molecule has 1 aliphatic rings. The molecular formula is C20H22Cl2FN5O. The topological polar surface area (TPSA) is 88.8 Å². The molecule has 1 saturated heterocycles. The van der Waals surface area contributed by atoms with E-state index < -0.39 is 11.9 Å². The number of nitrogens with zero attached hydrogens (tertiary/aromatic N) is 2. The number of aromatic amines is 1. The standard InChI is InChI=1S/C16H13Cl2FN4O.C4H9N/c1-8(14-11(17)2-3-12(19)15(14)18)24-13-4-9(5-21-16(13)20)10-6-22-23-7-10;1-2-4-5-3-1/h2-8H,1H3,(H2,20,21)(H,22,23);5H,1-4H2. The van der Waals surface area contributed by atoms with Crippen LogP contribution in [0.15, 0.2) is 36.8 Å². The van der Waals surface area contributed by atoms with Gasteiger partial charge in [0.15, 0.2) is 11.6 Å². The van der Waals surface area contributed by atoms with Crippen molar-refractivity contribution < 1.29 is 9.13 Å². The zero-order chi connectivity index (χ0) is 20.8. The number of hydrogen-bond acceptors (Lipinski definition) is 5. The number of nitrogen functional groups attached to an aromatic ring is 1. The maximum Gasteiger partial charge on any atom is 0.166 e. The summed E-state index contributed by atoms with van der Waals surface area (Å²) >= 11 is 12.1. The minimum atomic E-state index is -0.621. The fraction of sp³-hybridized carbons (Fsp3) is 0.300. The molecule has 6 nitrogen and oxygen atoms in total. The lowest BCUT2D eigenvalue weighted by Crippen LogP contribution is -2.08. The highest BCUT2D eigenvalue weighted by Crippen LogP contribution is 2.36. The van der Waals surface area contributed by atoms with Gasteiger partial charge in [0.1, 0.15) is 11.9 Å². The maximum absolute atomic E-state index is 13.7. The number of hydrogen-bond donors (Lipinski definition) is 3. The van der Waals surface area contributed by atoms with Gasteiger partial charge < -0.3 is 15.8 Å². The van der Waals surface area contributed by atoms with Gasteiger partial charge in [0.05, 0.1) is 11.2 Å². The van der Waals surface area contributed by atoms with Crippen LogP contribution >= 0.6 is 23.2 Å². The third-order valence-corrected chi connectivity index (χ3v) is 5.17. The molecule has 0 bridgehead atoms. The van der Waals surface area contributed by atoms with Gasteiger partial charge in [-0.25, -0.2) is 9.37 Å². The van der Waals surface area contributed by atoms with Crippen LogP contribution in [0, 0.1) is 5.82 Å². The minimum Gasteiger partial charge on any atom is -0.482 e. The molecule has 9 heteroatoms. The number of H-pyrrole nitrogens is 1. The molecule has 0 saturated carbocycles. The average Bonchev–Trinajstić information content (AvgIpc) is 3.43. The fourth-order valence-electron chi connectivity index (χ4n) is 2.91. The molecule has 1 atom stereocenters. The largest absolute Gasteiger partial charge is 0.482 e. The highest BCUT2D eigenvalue weighted by atomic mass is 35.5. The molecule has 29 heavy (non-hydrogen) atoms. The first-order chi connectivity index (χ1) is 14.0. The Bertz CT molecular complexity index is 941. The van der Waals surface area contributed by atoms with Crippen molar-refractivity contribution in [3.05, 3.63) is 58.2 Å². The molecule has 1 unspecified atom stereocenters. The molecule has 3 aromatic rings. The smallest absolute Gasteiger partial charge is 0.166 e. The van der Waals surface area contributed by atoms with Crippen molar-refractivity contribution in [2.24, 2.45) is 0 Å². The van der Waals surface area contributed by atoms with Gasteiger partial charge in [-0.15, -0.1) is 0 Å². The summed E-state index contributed by atoms with van der Waals surface area (Å²) in [6, 6.07) is 4.36. The number of halogens is 3. The summed E-state index contributed by atoms with van der Waals surface area (Å²) in [5, 5.41) is 10.1. The molecule has 0 amide bonds. The molecule has 3 heterocycles. The summed E-state index contributed by atoms with van der Waals surface area (Å²) in [6.07, 6.45) is 7.14. The van der Waals surface area contributed by atoms with Crippen molar-refractivity contribution >= 4 is 29.0 Å². The number of aromatic nitrogens is 3. The van der Waals surface area contributed by atoms with Crippen molar-refractivity contribution in [2.75, 3.05) is 18.8 Å². The second kappa shape index (κ2) is 9.91. The maximum atomic E-state index is 13.7.